The van der Waals surface area contributed by atoms with Crippen LogP contribution in [0.3, 0.4) is 0 Å². The molecule has 0 spiro atoms. The van der Waals surface area contributed by atoms with Crippen molar-refractivity contribution in [2.24, 2.45) is 0 Å². The van der Waals surface area contributed by atoms with Gasteiger partial charge in [0.05, 0.1) is 4.47 Å². The molecule has 0 aromatic heterocycles. The number of hydrogen-bond acceptors (Lipinski definition) is 1. The Hall–Kier alpha value is -1.80. The first-order valence-electron chi connectivity index (χ1n) is 6.60. The van der Waals surface area contributed by atoms with Gasteiger partial charge in [-0.2, -0.15) is 0 Å². The molecule has 0 bridgehead atoms. The van der Waals surface area contributed by atoms with E-state index in [0.717, 1.165) is 10.2 Å². The Bertz CT molecular complexity index is 749. The average molecular weight is 327 g/mol. The van der Waals surface area contributed by atoms with Crippen LogP contribution in [0.25, 0.3) is 10.8 Å². The lowest BCUT2D eigenvalue weighted by molar-refractivity contribution is 0.304. The summed E-state index contributed by atoms with van der Waals surface area (Å²) < 4.78 is 6.98. The third-order valence-electron chi connectivity index (χ3n) is 3.47. The Morgan fingerprint density at radius 1 is 0.900 bits per heavy atom. The monoisotopic (exact) mass is 326 g/mol. The third-order valence-corrected chi connectivity index (χ3v) is 4.29. The molecule has 3 rings (SSSR count). The van der Waals surface area contributed by atoms with E-state index in [-0.39, 0.29) is 0 Å². The van der Waals surface area contributed by atoms with Gasteiger partial charge in [-0.05, 0) is 50.8 Å². The highest BCUT2D eigenvalue weighted by Gasteiger charge is 2.06. The Balaban J connectivity index is 1.88. The number of ether oxygens (including phenoxy) is 1. The van der Waals surface area contributed by atoms with Crippen LogP contribution in [0, 0.1) is 6.92 Å². The number of hydrogen-bond donors (Lipinski definition) is 0. The molecule has 0 N–H and O–H groups in total. The molecule has 1 nitrogen and oxygen atoms in total. The van der Waals surface area contributed by atoms with E-state index in [1.165, 1.54) is 21.9 Å². The number of halogens is 1. The average Bonchev–Trinajstić information content (AvgIpc) is 2.48. The normalized spacial score (nSPS) is 10.7. The molecule has 0 saturated heterocycles. The summed E-state index contributed by atoms with van der Waals surface area (Å²) in [5, 5.41) is 2.39. The molecule has 0 atom stereocenters. The van der Waals surface area contributed by atoms with Gasteiger partial charge in [-0.15, -0.1) is 0 Å². The minimum atomic E-state index is 0.587. The van der Waals surface area contributed by atoms with Gasteiger partial charge in [-0.1, -0.05) is 54.6 Å². The molecule has 2 heteroatoms. The van der Waals surface area contributed by atoms with Crippen LogP contribution in [-0.2, 0) is 6.61 Å². The van der Waals surface area contributed by atoms with Crippen LogP contribution in [0.2, 0.25) is 0 Å². The van der Waals surface area contributed by atoms with Gasteiger partial charge in [-0.25, -0.2) is 0 Å². The molecule has 3 aromatic rings. The lowest BCUT2D eigenvalue weighted by Gasteiger charge is -2.11. The molecule has 100 valence electrons. The van der Waals surface area contributed by atoms with E-state index in [1.807, 2.05) is 30.3 Å². The molecule has 3 aromatic carbocycles. The molecule has 0 unspecified atom stereocenters. The summed E-state index contributed by atoms with van der Waals surface area (Å²) in [5.74, 6) is 0.881. The lowest BCUT2D eigenvalue weighted by atomic mass is 10.1. The van der Waals surface area contributed by atoms with Gasteiger partial charge >= 0.3 is 0 Å². The summed E-state index contributed by atoms with van der Waals surface area (Å²) in [6.07, 6.45) is 0. The molecule has 0 aliphatic rings. The van der Waals surface area contributed by atoms with Gasteiger partial charge < -0.3 is 4.74 Å². The van der Waals surface area contributed by atoms with Crippen molar-refractivity contribution in [1.82, 2.24) is 0 Å². The fourth-order valence-corrected chi connectivity index (χ4v) is 2.86. The summed E-state index contributed by atoms with van der Waals surface area (Å²) in [4.78, 5) is 0. The molecule has 0 saturated carbocycles. The van der Waals surface area contributed by atoms with E-state index in [9.17, 15) is 0 Å². The van der Waals surface area contributed by atoms with E-state index in [1.54, 1.807) is 0 Å². The van der Waals surface area contributed by atoms with E-state index < -0.39 is 0 Å². The number of rotatable bonds is 3. The number of aryl methyl sites for hydroxylation is 1. The van der Waals surface area contributed by atoms with Gasteiger partial charge in [0.2, 0.25) is 0 Å². The van der Waals surface area contributed by atoms with Crippen LogP contribution in [0.4, 0.5) is 0 Å². The second-order valence-electron chi connectivity index (χ2n) is 4.81. The molecular weight excluding hydrogens is 312 g/mol. The highest BCUT2D eigenvalue weighted by Crippen LogP contribution is 2.33. The maximum Gasteiger partial charge on any atom is 0.134 e. The first-order chi connectivity index (χ1) is 9.75. The standard InChI is InChI=1S/C18H15BrO/c1-13-6-2-3-8-15(13)12-20-17-11-10-14-7-4-5-9-16(14)18(17)19/h2-11H,12H2,1H3. The molecule has 0 aliphatic heterocycles. The van der Waals surface area contributed by atoms with Crippen molar-refractivity contribution in [3.05, 3.63) is 76.3 Å². The maximum atomic E-state index is 5.96. The summed E-state index contributed by atoms with van der Waals surface area (Å²) in [6, 6.07) is 20.7. The van der Waals surface area contributed by atoms with Crippen LogP contribution in [0.5, 0.6) is 5.75 Å². The zero-order chi connectivity index (χ0) is 13.9. The van der Waals surface area contributed by atoms with Gasteiger partial charge in [0.15, 0.2) is 0 Å². The number of benzene rings is 3. The molecule has 0 radical (unpaired) electrons. The third kappa shape index (κ3) is 2.56. The van der Waals surface area contributed by atoms with Crippen molar-refractivity contribution in [2.75, 3.05) is 0 Å². The predicted molar refractivity (Wildman–Crippen MR) is 87.2 cm³/mol. The van der Waals surface area contributed by atoms with Crippen LogP contribution in [0.15, 0.2) is 65.1 Å². The summed E-state index contributed by atoms with van der Waals surface area (Å²) in [7, 11) is 0. The fourth-order valence-electron chi connectivity index (χ4n) is 2.25. The van der Waals surface area contributed by atoms with Gasteiger partial charge in [0, 0.05) is 0 Å². The van der Waals surface area contributed by atoms with Crippen LogP contribution < -0.4 is 4.74 Å². The van der Waals surface area contributed by atoms with Gasteiger partial charge in [-0.3, -0.25) is 0 Å². The summed E-state index contributed by atoms with van der Waals surface area (Å²) in [6.45, 7) is 2.69. The topological polar surface area (TPSA) is 9.23 Å². The first kappa shape index (κ1) is 13.2. The zero-order valence-electron chi connectivity index (χ0n) is 11.3. The maximum absolute atomic E-state index is 5.96. The molecule has 0 heterocycles. The van der Waals surface area contributed by atoms with Gasteiger partial charge in [0.1, 0.15) is 12.4 Å². The Labute approximate surface area is 127 Å². The SMILES string of the molecule is Cc1ccccc1COc1ccc2ccccc2c1Br. The fraction of sp³-hybridized carbons (Fsp3) is 0.111. The van der Waals surface area contributed by atoms with E-state index in [4.69, 9.17) is 4.74 Å². The quantitative estimate of drug-likeness (QED) is 0.618. The number of fused-ring (bicyclic) bond motifs is 1. The molecule has 0 aliphatic carbocycles. The van der Waals surface area contributed by atoms with Crippen molar-refractivity contribution < 1.29 is 4.74 Å². The second kappa shape index (κ2) is 5.68. The van der Waals surface area contributed by atoms with Crippen LogP contribution >= 0.6 is 15.9 Å². The van der Waals surface area contributed by atoms with Gasteiger partial charge in [0.25, 0.3) is 0 Å². The van der Waals surface area contributed by atoms with Crippen LogP contribution in [-0.4, -0.2) is 0 Å². The van der Waals surface area contributed by atoms with Crippen molar-refractivity contribution in [1.29, 1.82) is 0 Å². The second-order valence-corrected chi connectivity index (χ2v) is 5.61. The predicted octanol–water partition coefficient (Wildman–Crippen LogP) is 5.49. The molecule has 20 heavy (non-hydrogen) atoms. The summed E-state index contributed by atoms with van der Waals surface area (Å²) >= 11 is 3.65. The zero-order valence-corrected chi connectivity index (χ0v) is 12.9. The highest BCUT2D eigenvalue weighted by atomic mass is 79.9. The Morgan fingerprint density at radius 3 is 2.50 bits per heavy atom. The minimum Gasteiger partial charge on any atom is -0.488 e. The largest absolute Gasteiger partial charge is 0.488 e. The lowest BCUT2D eigenvalue weighted by Crippen LogP contribution is -1.98. The van der Waals surface area contributed by atoms with Crippen molar-refractivity contribution >= 4 is 26.7 Å². The molecule has 0 amide bonds. The van der Waals surface area contributed by atoms with Crippen molar-refractivity contribution in [2.45, 2.75) is 13.5 Å². The van der Waals surface area contributed by atoms with E-state index >= 15 is 0 Å². The highest BCUT2D eigenvalue weighted by molar-refractivity contribution is 9.10. The Kier molecular flexibility index (Phi) is 3.75. The minimum absolute atomic E-state index is 0.587. The van der Waals surface area contributed by atoms with E-state index in [2.05, 4.69) is 53.2 Å². The first-order valence-corrected chi connectivity index (χ1v) is 7.39. The Morgan fingerprint density at radius 2 is 1.65 bits per heavy atom. The van der Waals surface area contributed by atoms with Crippen molar-refractivity contribution in [3.63, 3.8) is 0 Å². The summed E-state index contributed by atoms with van der Waals surface area (Å²) in [5.41, 5.74) is 2.47. The molecular formula is C18H15BrO. The molecule has 0 fully saturated rings. The van der Waals surface area contributed by atoms with Crippen molar-refractivity contribution in [3.8, 4) is 5.75 Å². The van der Waals surface area contributed by atoms with Crippen LogP contribution in [0.1, 0.15) is 11.1 Å². The van der Waals surface area contributed by atoms with E-state index in [0.29, 0.717) is 6.61 Å². The smallest absolute Gasteiger partial charge is 0.134 e.